The summed E-state index contributed by atoms with van der Waals surface area (Å²) in [6.07, 6.45) is -3.43. The molecular weight excluding hydrogens is 625 g/mol. The van der Waals surface area contributed by atoms with Crippen LogP contribution in [0, 0.1) is 0 Å². The maximum atomic E-state index is 13.1. The molecule has 3 N–H and O–H groups in total. The predicted molar refractivity (Wildman–Crippen MR) is 147 cm³/mol. The van der Waals surface area contributed by atoms with Gasteiger partial charge in [0.2, 0.25) is 14.7 Å². The molecule has 0 aromatic carbocycles. The van der Waals surface area contributed by atoms with Crippen molar-refractivity contribution in [3.05, 3.63) is 0 Å². The van der Waals surface area contributed by atoms with Gasteiger partial charge in [0.05, 0.1) is 12.6 Å². The average molecular weight is 669 g/mol. The summed E-state index contributed by atoms with van der Waals surface area (Å²) in [4.78, 5) is 2.91. The smallest absolute Gasteiger partial charge is 0.387 e. The zero-order valence-electron chi connectivity index (χ0n) is 23.5. The molecule has 3 unspecified atom stereocenters. The summed E-state index contributed by atoms with van der Waals surface area (Å²) in [5, 5.41) is 28.8. The summed E-state index contributed by atoms with van der Waals surface area (Å²) in [5.41, 5.74) is 0. The Morgan fingerprint density at radius 1 is 0.538 bits per heavy atom. The van der Waals surface area contributed by atoms with E-state index < -0.39 is 56.4 Å². The summed E-state index contributed by atoms with van der Waals surface area (Å²) in [7, 11) is -11.7. The monoisotopic (exact) mass is 669 g/mol. The third-order valence-corrected chi connectivity index (χ3v) is 16.6. The van der Waals surface area contributed by atoms with Gasteiger partial charge in [-0.3, -0.25) is 32.5 Å². The van der Waals surface area contributed by atoms with Gasteiger partial charge in [-0.05, 0) is 0 Å². The SMILES string of the molecule is COP(=O)(CO)CN(CCN(CCN(P(C)(=O)CO)P(=O)(OC)OC)CP(=O)(OC)OC)CP(=O)(CO)OC. The molecule has 0 aromatic heterocycles. The van der Waals surface area contributed by atoms with E-state index in [1.807, 2.05) is 0 Å². The average Bonchev–Trinajstić information content (AvgIpc) is 2.94. The van der Waals surface area contributed by atoms with Gasteiger partial charge in [-0.2, -0.15) is 4.44 Å². The zero-order valence-corrected chi connectivity index (χ0v) is 28.0. The first-order chi connectivity index (χ1) is 18.0. The van der Waals surface area contributed by atoms with Crippen molar-refractivity contribution < 1.29 is 65.3 Å². The Bertz CT molecular complexity index is 911. The molecular formula is C17H44N3O14P5. The first-order valence-corrected chi connectivity index (χ1v) is 20.9. The predicted octanol–water partition coefficient (Wildman–Crippen LogP) is 2.26. The lowest BCUT2D eigenvalue weighted by Crippen LogP contribution is -2.40. The number of hydrogen-bond acceptors (Lipinski definition) is 16. The van der Waals surface area contributed by atoms with Crippen LogP contribution in [0.4, 0.5) is 0 Å². The highest BCUT2D eigenvalue weighted by atomic mass is 31.2. The van der Waals surface area contributed by atoms with Crippen LogP contribution >= 0.6 is 37.4 Å². The second kappa shape index (κ2) is 17.7. The summed E-state index contributed by atoms with van der Waals surface area (Å²) in [6.45, 7) is 0.855. The lowest BCUT2D eigenvalue weighted by Gasteiger charge is -2.35. The van der Waals surface area contributed by atoms with Gasteiger partial charge >= 0.3 is 15.3 Å². The van der Waals surface area contributed by atoms with Crippen LogP contribution in [0.5, 0.6) is 0 Å². The van der Waals surface area contributed by atoms with E-state index in [0.717, 1.165) is 32.9 Å². The second-order valence-electron chi connectivity index (χ2n) is 8.31. The Hall–Kier alpha value is 0.670. The highest BCUT2D eigenvalue weighted by Crippen LogP contribution is 2.64. The molecule has 0 fully saturated rings. The van der Waals surface area contributed by atoms with Gasteiger partial charge in [-0.1, -0.05) is 0 Å². The lowest BCUT2D eigenvalue weighted by molar-refractivity contribution is 0.197. The van der Waals surface area contributed by atoms with Gasteiger partial charge in [0.15, 0.2) is 7.29 Å². The van der Waals surface area contributed by atoms with Gasteiger partial charge in [0.1, 0.15) is 25.3 Å². The molecule has 0 aliphatic carbocycles. The van der Waals surface area contributed by atoms with Crippen molar-refractivity contribution in [1.29, 1.82) is 0 Å². The van der Waals surface area contributed by atoms with Crippen molar-refractivity contribution in [3.8, 4) is 0 Å². The Balaban J connectivity index is 6.21. The third-order valence-electron chi connectivity index (χ3n) is 5.70. The van der Waals surface area contributed by atoms with Crippen molar-refractivity contribution in [2.24, 2.45) is 0 Å². The van der Waals surface area contributed by atoms with E-state index in [0.29, 0.717) is 0 Å². The molecule has 0 saturated carbocycles. The van der Waals surface area contributed by atoms with Crippen LogP contribution in [-0.4, -0.2) is 143 Å². The van der Waals surface area contributed by atoms with E-state index in [9.17, 15) is 38.1 Å². The molecule has 17 nitrogen and oxygen atoms in total. The fourth-order valence-electron chi connectivity index (χ4n) is 3.22. The van der Waals surface area contributed by atoms with Crippen LogP contribution in [-0.2, 0) is 50.0 Å². The normalized spacial score (nSPS) is 17.9. The van der Waals surface area contributed by atoms with E-state index in [4.69, 9.17) is 27.1 Å². The van der Waals surface area contributed by atoms with E-state index in [1.54, 1.807) is 0 Å². The maximum absolute atomic E-state index is 13.1. The van der Waals surface area contributed by atoms with E-state index in [-0.39, 0.29) is 45.0 Å². The molecule has 39 heavy (non-hydrogen) atoms. The van der Waals surface area contributed by atoms with Crippen LogP contribution in [0.3, 0.4) is 0 Å². The summed E-state index contributed by atoms with van der Waals surface area (Å²) in [6, 6.07) is 0. The number of nitrogens with zero attached hydrogens (tertiary/aromatic N) is 3. The number of rotatable bonds is 23. The number of aliphatic hydroxyl groups is 3. The van der Waals surface area contributed by atoms with Crippen LogP contribution in [0.1, 0.15) is 0 Å². The summed E-state index contributed by atoms with van der Waals surface area (Å²) < 4.78 is 95.6. The first kappa shape index (κ1) is 39.7. The van der Waals surface area contributed by atoms with Crippen LogP contribution in [0.25, 0.3) is 0 Å². The second-order valence-corrected chi connectivity index (χ2v) is 21.0. The van der Waals surface area contributed by atoms with Gasteiger partial charge in [-0.15, -0.1) is 0 Å². The molecule has 0 amide bonds. The van der Waals surface area contributed by atoms with Gasteiger partial charge in [0.25, 0.3) is 0 Å². The molecule has 0 heterocycles. The molecule has 0 rings (SSSR count). The standard InChI is InChI=1S/C17H44N3O14P5/c1-29-36(25,16-22)12-19(13-37(26,17-23)30-2)9-8-18(14-38(27,31-3)32-4)10-11-20(35(7,24)15-21)39(28,33-5)34-6/h21-23H,8-17H2,1-7H3. The number of aliphatic hydroxyl groups excluding tert-OH is 3. The molecule has 3 atom stereocenters. The number of hydrogen-bond donors (Lipinski definition) is 3. The quantitative estimate of drug-likeness (QED) is 0.133. The molecule has 0 spiro atoms. The minimum atomic E-state index is -4.08. The Kier molecular flexibility index (Phi) is 18.0. The van der Waals surface area contributed by atoms with Crippen LogP contribution in [0.15, 0.2) is 0 Å². The van der Waals surface area contributed by atoms with Crippen molar-refractivity contribution >= 4 is 37.4 Å². The van der Waals surface area contributed by atoms with E-state index >= 15 is 0 Å². The minimum Gasteiger partial charge on any atom is -0.387 e. The molecule has 0 aliphatic heterocycles. The van der Waals surface area contributed by atoms with Crippen molar-refractivity contribution in [2.75, 3.05) is 113 Å². The molecule has 0 aliphatic rings. The molecule has 0 aromatic rings. The molecule has 0 bridgehead atoms. The van der Waals surface area contributed by atoms with Crippen LogP contribution < -0.4 is 0 Å². The summed E-state index contributed by atoms with van der Waals surface area (Å²) in [5.74, 6) is 0. The molecule has 0 radical (unpaired) electrons. The van der Waals surface area contributed by atoms with Crippen molar-refractivity contribution in [3.63, 3.8) is 0 Å². The van der Waals surface area contributed by atoms with E-state index in [2.05, 4.69) is 0 Å². The largest absolute Gasteiger partial charge is 0.413 e. The van der Waals surface area contributed by atoms with E-state index in [1.165, 1.54) is 30.7 Å². The molecule has 22 heteroatoms. The molecule has 236 valence electrons. The van der Waals surface area contributed by atoms with Crippen molar-refractivity contribution in [2.45, 2.75) is 0 Å². The lowest BCUT2D eigenvalue weighted by atomic mass is 10.5. The fourth-order valence-corrected chi connectivity index (χ4v) is 10.9. The topological polar surface area (TPSA) is 211 Å². The Morgan fingerprint density at radius 2 is 0.949 bits per heavy atom. The third kappa shape index (κ3) is 12.4. The van der Waals surface area contributed by atoms with Crippen LogP contribution in [0.2, 0.25) is 0 Å². The maximum Gasteiger partial charge on any atom is 0.413 e. The van der Waals surface area contributed by atoms with Gasteiger partial charge < -0.3 is 38.0 Å². The van der Waals surface area contributed by atoms with Crippen molar-refractivity contribution in [1.82, 2.24) is 14.2 Å². The Morgan fingerprint density at radius 3 is 1.28 bits per heavy atom. The summed E-state index contributed by atoms with van der Waals surface area (Å²) >= 11 is 0. The fraction of sp³-hybridized carbons (Fsp3) is 1.00. The molecule has 0 saturated heterocycles. The Labute approximate surface area is 230 Å². The van der Waals surface area contributed by atoms with Gasteiger partial charge in [0, 0.05) is 75.5 Å². The minimum absolute atomic E-state index is 0.00619. The van der Waals surface area contributed by atoms with Gasteiger partial charge in [-0.25, -0.2) is 4.57 Å². The highest BCUT2D eigenvalue weighted by Gasteiger charge is 2.42. The first-order valence-electron chi connectivity index (χ1n) is 11.4. The zero-order chi connectivity index (χ0) is 30.5. The highest BCUT2D eigenvalue weighted by molar-refractivity contribution is 7.71.